The number of fused-ring (bicyclic) bond motifs is 3. The fraction of sp³-hybridized carbons (Fsp3) is 0.615. The second kappa shape index (κ2) is 3.65. The van der Waals surface area contributed by atoms with Crippen LogP contribution in [0.5, 0.6) is 0 Å². The minimum absolute atomic E-state index is 0.635. The van der Waals surface area contributed by atoms with Crippen molar-refractivity contribution in [2.75, 3.05) is 23.3 Å². The van der Waals surface area contributed by atoms with E-state index in [1.165, 1.54) is 30.9 Å². The van der Waals surface area contributed by atoms with Gasteiger partial charge in [0.1, 0.15) is 0 Å². The van der Waals surface area contributed by atoms with Crippen molar-refractivity contribution in [1.82, 2.24) is 4.98 Å². The van der Waals surface area contributed by atoms with Gasteiger partial charge in [-0.1, -0.05) is 6.92 Å². The van der Waals surface area contributed by atoms with Crippen molar-refractivity contribution in [2.24, 2.45) is 5.92 Å². The van der Waals surface area contributed by atoms with Crippen molar-refractivity contribution in [3.8, 4) is 0 Å². The maximum absolute atomic E-state index is 4.70. The quantitative estimate of drug-likeness (QED) is 0.723. The van der Waals surface area contributed by atoms with Gasteiger partial charge >= 0.3 is 0 Å². The molecule has 1 aromatic rings. The Morgan fingerprint density at radius 2 is 2.31 bits per heavy atom. The molecule has 0 aromatic carbocycles. The van der Waals surface area contributed by atoms with Gasteiger partial charge in [0.15, 0.2) is 5.82 Å². The molecule has 0 spiro atoms. The van der Waals surface area contributed by atoms with Crippen LogP contribution in [0.1, 0.15) is 25.5 Å². The van der Waals surface area contributed by atoms with E-state index in [1.54, 1.807) is 0 Å². The summed E-state index contributed by atoms with van der Waals surface area (Å²) in [6.45, 7) is 6.66. The summed E-state index contributed by atoms with van der Waals surface area (Å²) < 4.78 is 0. The third kappa shape index (κ3) is 1.46. The second-order valence-electron chi connectivity index (χ2n) is 5.08. The van der Waals surface area contributed by atoms with Crippen LogP contribution in [0.4, 0.5) is 11.5 Å². The normalized spacial score (nSPS) is 28.0. The summed E-state index contributed by atoms with van der Waals surface area (Å²) >= 11 is 0. The van der Waals surface area contributed by atoms with Gasteiger partial charge in [-0.25, -0.2) is 4.98 Å². The molecule has 1 saturated heterocycles. The first-order valence-corrected chi connectivity index (χ1v) is 6.24. The van der Waals surface area contributed by atoms with E-state index >= 15 is 0 Å². The molecule has 0 bridgehead atoms. The minimum atomic E-state index is 0.635. The lowest BCUT2D eigenvalue weighted by molar-refractivity contribution is 0.348. The van der Waals surface area contributed by atoms with Crippen LogP contribution in [0.3, 0.4) is 0 Å². The van der Waals surface area contributed by atoms with Gasteiger partial charge in [0.05, 0.1) is 11.7 Å². The molecule has 2 aliphatic rings. The molecule has 3 heteroatoms. The molecular formula is C13H19N3. The van der Waals surface area contributed by atoms with Crippen LogP contribution >= 0.6 is 0 Å². The number of nitrogens with one attached hydrogen (secondary N) is 1. The van der Waals surface area contributed by atoms with Crippen molar-refractivity contribution in [3.05, 3.63) is 17.8 Å². The standard InChI is InChI=1S/C13H19N3/c1-9-4-3-7-16-12(9)8-14-11-6-5-10(2)15-13(11)16/h5-6,9,12,14H,3-4,7-8H2,1-2H3. The predicted molar refractivity (Wildman–Crippen MR) is 67.0 cm³/mol. The Labute approximate surface area is 96.9 Å². The number of aryl methyl sites for hydroxylation is 1. The Morgan fingerprint density at radius 3 is 3.19 bits per heavy atom. The summed E-state index contributed by atoms with van der Waals surface area (Å²) in [5.74, 6) is 1.94. The fourth-order valence-corrected chi connectivity index (χ4v) is 2.94. The largest absolute Gasteiger partial charge is 0.380 e. The number of anilines is 2. The summed E-state index contributed by atoms with van der Waals surface area (Å²) in [5, 5.41) is 3.52. The van der Waals surface area contributed by atoms with Gasteiger partial charge in [-0.15, -0.1) is 0 Å². The molecule has 3 heterocycles. The number of nitrogens with zero attached hydrogens (tertiary/aromatic N) is 2. The van der Waals surface area contributed by atoms with Crippen LogP contribution in [0.15, 0.2) is 12.1 Å². The number of piperidine rings is 1. The maximum Gasteiger partial charge on any atom is 0.152 e. The first-order chi connectivity index (χ1) is 7.75. The zero-order valence-corrected chi connectivity index (χ0v) is 10.0. The number of hydrogen-bond donors (Lipinski definition) is 1. The third-order valence-electron chi connectivity index (χ3n) is 3.90. The molecule has 16 heavy (non-hydrogen) atoms. The molecule has 0 aliphatic carbocycles. The van der Waals surface area contributed by atoms with E-state index in [9.17, 15) is 0 Å². The molecule has 2 unspecified atom stereocenters. The van der Waals surface area contributed by atoms with Crippen LogP contribution in [0.2, 0.25) is 0 Å². The van der Waals surface area contributed by atoms with Crippen molar-refractivity contribution in [2.45, 2.75) is 32.7 Å². The van der Waals surface area contributed by atoms with Crippen LogP contribution in [-0.4, -0.2) is 24.1 Å². The molecule has 3 rings (SSSR count). The minimum Gasteiger partial charge on any atom is -0.380 e. The number of pyridine rings is 1. The van der Waals surface area contributed by atoms with Crippen molar-refractivity contribution < 1.29 is 0 Å². The SMILES string of the molecule is Cc1ccc2c(n1)N1CCCC(C)C1CN2. The van der Waals surface area contributed by atoms with E-state index in [-0.39, 0.29) is 0 Å². The Morgan fingerprint density at radius 1 is 1.44 bits per heavy atom. The van der Waals surface area contributed by atoms with E-state index in [4.69, 9.17) is 4.98 Å². The van der Waals surface area contributed by atoms with E-state index in [0.29, 0.717) is 6.04 Å². The average Bonchev–Trinajstić information content (AvgIpc) is 2.29. The predicted octanol–water partition coefficient (Wildman–Crippen LogP) is 2.42. The maximum atomic E-state index is 4.70. The summed E-state index contributed by atoms with van der Waals surface area (Å²) in [7, 11) is 0. The van der Waals surface area contributed by atoms with Crippen molar-refractivity contribution in [3.63, 3.8) is 0 Å². The van der Waals surface area contributed by atoms with Crippen molar-refractivity contribution >= 4 is 11.5 Å². The smallest absolute Gasteiger partial charge is 0.152 e. The van der Waals surface area contributed by atoms with Gasteiger partial charge in [0.25, 0.3) is 0 Å². The first-order valence-electron chi connectivity index (χ1n) is 6.24. The van der Waals surface area contributed by atoms with Crippen LogP contribution in [0, 0.1) is 12.8 Å². The van der Waals surface area contributed by atoms with E-state index in [0.717, 1.165) is 18.2 Å². The molecule has 0 radical (unpaired) electrons. The summed E-state index contributed by atoms with van der Waals surface area (Å²) in [6.07, 6.45) is 2.65. The van der Waals surface area contributed by atoms with Crippen LogP contribution in [0.25, 0.3) is 0 Å². The van der Waals surface area contributed by atoms with Crippen LogP contribution < -0.4 is 10.2 Å². The fourth-order valence-electron chi connectivity index (χ4n) is 2.94. The van der Waals surface area contributed by atoms with Crippen molar-refractivity contribution in [1.29, 1.82) is 0 Å². The average molecular weight is 217 g/mol. The van der Waals surface area contributed by atoms with Gasteiger partial charge in [-0.2, -0.15) is 0 Å². The molecular weight excluding hydrogens is 198 g/mol. The highest BCUT2D eigenvalue weighted by molar-refractivity contribution is 5.69. The van der Waals surface area contributed by atoms with Gasteiger partial charge in [-0.05, 0) is 37.8 Å². The first kappa shape index (κ1) is 9.94. The number of aromatic nitrogens is 1. The lowest BCUT2D eigenvalue weighted by Crippen LogP contribution is -2.51. The molecule has 0 amide bonds. The van der Waals surface area contributed by atoms with Gasteiger partial charge in [0, 0.05) is 18.8 Å². The topological polar surface area (TPSA) is 28.2 Å². The Hall–Kier alpha value is -1.25. The zero-order valence-electron chi connectivity index (χ0n) is 10.0. The van der Waals surface area contributed by atoms with E-state index in [1.807, 2.05) is 0 Å². The molecule has 1 aromatic heterocycles. The molecule has 86 valence electrons. The lowest BCUT2D eigenvalue weighted by atomic mass is 9.89. The highest BCUT2D eigenvalue weighted by Crippen LogP contribution is 2.35. The molecule has 2 aliphatic heterocycles. The molecule has 3 nitrogen and oxygen atoms in total. The summed E-state index contributed by atoms with van der Waals surface area (Å²) in [4.78, 5) is 7.20. The van der Waals surface area contributed by atoms with Crippen LogP contribution in [-0.2, 0) is 0 Å². The van der Waals surface area contributed by atoms with E-state index in [2.05, 4.69) is 36.2 Å². The zero-order chi connectivity index (χ0) is 11.1. The highest BCUT2D eigenvalue weighted by Gasteiger charge is 2.33. The molecule has 1 N–H and O–H groups in total. The molecule has 2 atom stereocenters. The Bertz CT molecular complexity index is 402. The van der Waals surface area contributed by atoms with Gasteiger partial charge in [-0.3, -0.25) is 0 Å². The highest BCUT2D eigenvalue weighted by atomic mass is 15.3. The van der Waals surface area contributed by atoms with Gasteiger partial charge in [0.2, 0.25) is 0 Å². The number of hydrogen-bond acceptors (Lipinski definition) is 3. The Balaban J connectivity index is 2.01. The summed E-state index contributed by atoms with van der Waals surface area (Å²) in [6, 6.07) is 4.88. The molecule has 0 saturated carbocycles. The monoisotopic (exact) mass is 217 g/mol. The van der Waals surface area contributed by atoms with E-state index < -0.39 is 0 Å². The molecule has 1 fully saturated rings. The van der Waals surface area contributed by atoms with Gasteiger partial charge < -0.3 is 10.2 Å². The summed E-state index contributed by atoms with van der Waals surface area (Å²) in [5.41, 5.74) is 2.32. The number of rotatable bonds is 0. The lowest BCUT2D eigenvalue weighted by Gasteiger charge is -2.45. The third-order valence-corrected chi connectivity index (χ3v) is 3.90. The second-order valence-corrected chi connectivity index (χ2v) is 5.08. The Kier molecular flexibility index (Phi) is 2.27.